The molecule has 0 bridgehead atoms. The van der Waals surface area contributed by atoms with Crippen LogP contribution in [0.2, 0.25) is 5.02 Å². The van der Waals surface area contributed by atoms with Crippen LogP contribution in [-0.4, -0.2) is 43.2 Å². The van der Waals surface area contributed by atoms with Crippen LogP contribution in [0.4, 0.5) is 5.13 Å². The second-order valence-corrected chi connectivity index (χ2v) is 10.1. The summed E-state index contributed by atoms with van der Waals surface area (Å²) < 4.78 is 37.9. The van der Waals surface area contributed by atoms with Crippen molar-refractivity contribution < 1.29 is 22.7 Å². The van der Waals surface area contributed by atoms with Crippen LogP contribution in [0.1, 0.15) is 11.1 Å². The summed E-state index contributed by atoms with van der Waals surface area (Å²) in [5, 5.41) is 11.6. The molecular weight excluding hydrogens is 500 g/mol. The van der Waals surface area contributed by atoms with E-state index in [4.69, 9.17) is 21.1 Å². The number of sulfone groups is 1. The molecule has 1 heterocycles. The SMILES string of the molecule is Cc1cccc(OCCOc2ccc(/C=C(/C#N)C(=O)Nc3nc(S(C)(=O)=O)ns3)cc2Cl)c1. The molecule has 0 aliphatic carbocycles. The van der Waals surface area contributed by atoms with Crippen LogP contribution in [-0.2, 0) is 14.6 Å². The van der Waals surface area contributed by atoms with E-state index in [9.17, 15) is 18.5 Å². The lowest BCUT2D eigenvalue weighted by Gasteiger charge is -2.10. The van der Waals surface area contributed by atoms with Gasteiger partial charge in [0.1, 0.15) is 36.4 Å². The summed E-state index contributed by atoms with van der Waals surface area (Å²) in [6.07, 6.45) is 2.29. The van der Waals surface area contributed by atoms with Crippen molar-refractivity contribution in [1.82, 2.24) is 9.36 Å². The third-order valence-corrected chi connectivity index (χ3v) is 6.08. The van der Waals surface area contributed by atoms with Crippen molar-refractivity contribution >= 4 is 50.1 Å². The minimum Gasteiger partial charge on any atom is -0.490 e. The molecule has 0 saturated carbocycles. The normalized spacial score (nSPS) is 11.5. The fraction of sp³-hybridized carbons (Fsp3) is 0.182. The van der Waals surface area contributed by atoms with E-state index in [1.54, 1.807) is 24.3 Å². The minimum absolute atomic E-state index is 0.0405. The molecule has 12 heteroatoms. The summed E-state index contributed by atoms with van der Waals surface area (Å²) in [5.41, 5.74) is 1.36. The zero-order chi connectivity index (χ0) is 24.7. The van der Waals surface area contributed by atoms with Crippen molar-refractivity contribution in [3.8, 4) is 17.6 Å². The molecule has 0 aliphatic heterocycles. The topological polar surface area (TPSA) is 131 Å². The number of halogens is 1. The van der Waals surface area contributed by atoms with Gasteiger partial charge in [-0.2, -0.15) is 14.6 Å². The van der Waals surface area contributed by atoms with Crippen molar-refractivity contribution in [2.75, 3.05) is 24.8 Å². The van der Waals surface area contributed by atoms with E-state index < -0.39 is 20.9 Å². The second-order valence-electron chi connectivity index (χ2n) is 6.98. The van der Waals surface area contributed by atoms with Crippen molar-refractivity contribution in [2.24, 2.45) is 0 Å². The van der Waals surface area contributed by atoms with Gasteiger partial charge in [0.25, 0.3) is 11.1 Å². The summed E-state index contributed by atoms with van der Waals surface area (Å²) in [6, 6.07) is 14.3. The third-order valence-electron chi connectivity index (χ3n) is 4.19. The van der Waals surface area contributed by atoms with Gasteiger partial charge in [0.2, 0.25) is 15.0 Å². The molecule has 1 N–H and O–H groups in total. The highest BCUT2D eigenvalue weighted by molar-refractivity contribution is 7.90. The molecule has 0 saturated heterocycles. The van der Waals surface area contributed by atoms with E-state index in [-0.39, 0.29) is 17.3 Å². The van der Waals surface area contributed by atoms with Crippen LogP contribution >= 0.6 is 23.1 Å². The molecule has 1 aromatic heterocycles. The summed E-state index contributed by atoms with van der Waals surface area (Å²) in [7, 11) is -3.60. The molecule has 0 unspecified atom stereocenters. The zero-order valence-electron chi connectivity index (χ0n) is 18.1. The fourth-order valence-corrected chi connectivity index (χ4v) is 4.31. The zero-order valence-corrected chi connectivity index (χ0v) is 20.5. The highest BCUT2D eigenvalue weighted by atomic mass is 35.5. The summed E-state index contributed by atoms with van der Waals surface area (Å²) in [5.74, 6) is 0.416. The monoisotopic (exact) mass is 518 g/mol. The summed E-state index contributed by atoms with van der Waals surface area (Å²) in [4.78, 5) is 16.1. The van der Waals surface area contributed by atoms with Crippen LogP contribution in [0.15, 0.2) is 53.2 Å². The number of ether oxygens (including phenoxy) is 2. The maximum atomic E-state index is 12.4. The highest BCUT2D eigenvalue weighted by Crippen LogP contribution is 2.27. The summed E-state index contributed by atoms with van der Waals surface area (Å²) >= 11 is 6.97. The molecule has 3 rings (SSSR count). The number of nitrogens with zero attached hydrogens (tertiary/aromatic N) is 3. The number of amides is 1. The smallest absolute Gasteiger partial charge is 0.268 e. The van der Waals surface area contributed by atoms with E-state index >= 15 is 0 Å². The van der Waals surface area contributed by atoms with Crippen LogP contribution < -0.4 is 14.8 Å². The second kappa shape index (κ2) is 11.1. The molecule has 0 aliphatic rings. The average molecular weight is 519 g/mol. The molecule has 0 atom stereocenters. The van der Waals surface area contributed by atoms with Gasteiger partial charge in [0.15, 0.2) is 0 Å². The van der Waals surface area contributed by atoms with Gasteiger partial charge in [0.05, 0.1) is 5.02 Å². The molecule has 0 fully saturated rings. The van der Waals surface area contributed by atoms with Gasteiger partial charge in [-0.1, -0.05) is 29.8 Å². The van der Waals surface area contributed by atoms with Gasteiger partial charge in [0, 0.05) is 17.8 Å². The van der Waals surface area contributed by atoms with Crippen LogP contribution in [0.25, 0.3) is 6.08 Å². The highest BCUT2D eigenvalue weighted by Gasteiger charge is 2.17. The number of aryl methyl sites for hydroxylation is 1. The quantitative estimate of drug-likeness (QED) is 0.256. The number of nitrogens with one attached hydrogen (secondary N) is 1. The Morgan fingerprint density at radius 1 is 1.24 bits per heavy atom. The number of benzene rings is 2. The number of carbonyl (C=O) groups excluding carboxylic acids is 1. The third kappa shape index (κ3) is 7.02. The molecule has 34 heavy (non-hydrogen) atoms. The minimum atomic E-state index is -3.60. The maximum Gasteiger partial charge on any atom is 0.268 e. The Labute approximate surface area is 205 Å². The first-order chi connectivity index (χ1) is 16.2. The Kier molecular flexibility index (Phi) is 8.22. The molecule has 1 amide bonds. The number of carbonyl (C=O) groups is 1. The predicted molar refractivity (Wildman–Crippen MR) is 129 cm³/mol. The molecule has 176 valence electrons. The van der Waals surface area contributed by atoms with E-state index in [0.717, 1.165) is 17.6 Å². The van der Waals surface area contributed by atoms with Crippen molar-refractivity contribution in [2.45, 2.75) is 12.1 Å². The van der Waals surface area contributed by atoms with E-state index in [0.29, 0.717) is 34.5 Å². The van der Waals surface area contributed by atoms with Crippen molar-refractivity contribution in [3.05, 3.63) is 64.2 Å². The first kappa shape index (κ1) is 25.2. The predicted octanol–water partition coefficient (Wildman–Crippen LogP) is 3.91. The first-order valence-corrected chi connectivity index (χ1v) is 12.8. The van der Waals surface area contributed by atoms with E-state index in [1.165, 1.54) is 6.08 Å². The van der Waals surface area contributed by atoms with Gasteiger partial charge in [-0.15, -0.1) is 0 Å². The average Bonchev–Trinajstić information content (AvgIpc) is 3.25. The van der Waals surface area contributed by atoms with Gasteiger partial charge >= 0.3 is 0 Å². The summed E-state index contributed by atoms with van der Waals surface area (Å²) in [6.45, 7) is 2.57. The number of hydrogen-bond acceptors (Lipinski definition) is 9. The Morgan fingerprint density at radius 3 is 2.65 bits per heavy atom. The standard InChI is InChI=1S/C22H19ClN4O5S2/c1-14-4-3-5-17(10-14)31-8-9-32-19-7-6-15(12-18(19)23)11-16(13-24)20(28)25-21-26-22(27-33-21)34(2,29)30/h3-7,10-12H,8-9H2,1-2H3,(H,25,26,27,28)/b16-11-. The Balaban J connectivity index is 1.60. The number of nitriles is 1. The van der Waals surface area contributed by atoms with Gasteiger partial charge < -0.3 is 9.47 Å². The largest absolute Gasteiger partial charge is 0.490 e. The van der Waals surface area contributed by atoms with Crippen LogP contribution in [0, 0.1) is 18.3 Å². The Morgan fingerprint density at radius 2 is 2.00 bits per heavy atom. The number of aromatic nitrogens is 2. The van der Waals surface area contributed by atoms with E-state index in [2.05, 4.69) is 14.7 Å². The Bertz CT molecular complexity index is 1380. The Hall–Kier alpha value is -3.46. The molecule has 2 aromatic carbocycles. The number of anilines is 1. The lowest BCUT2D eigenvalue weighted by atomic mass is 10.1. The fourth-order valence-electron chi connectivity index (χ4n) is 2.63. The molecule has 0 spiro atoms. The first-order valence-electron chi connectivity index (χ1n) is 9.74. The van der Waals surface area contributed by atoms with Crippen molar-refractivity contribution in [1.29, 1.82) is 5.26 Å². The van der Waals surface area contributed by atoms with E-state index in [1.807, 2.05) is 31.2 Å². The molecule has 9 nitrogen and oxygen atoms in total. The lowest BCUT2D eigenvalue weighted by molar-refractivity contribution is -0.112. The number of hydrogen-bond donors (Lipinski definition) is 1. The molecular formula is C22H19ClN4O5S2. The molecule has 3 aromatic rings. The van der Waals surface area contributed by atoms with Gasteiger partial charge in [-0.3, -0.25) is 10.1 Å². The van der Waals surface area contributed by atoms with Crippen molar-refractivity contribution in [3.63, 3.8) is 0 Å². The number of rotatable bonds is 9. The van der Waals surface area contributed by atoms with Crippen LogP contribution in [0.3, 0.4) is 0 Å². The lowest BCUT2D eigenvalue weighted by Crippen LogP contribution is -2.13. The van der Waals surface area contributed by atoms with Gasteiger partial charge in [-0.05, 0) is 48.4 Å². The molecule has 0 radical (unpaired) electrons. The van der Waals surface area contributed by atoms with Crippen LogP contribution in [0.5, 0.6) is 11.5 Å². The maximum absolute atomic E-state index is 12.4. The van der Waals surface area contributed by atoms with Gasteiger partial charge in [-0.25, -0.2) is 8.42 Å².